The van der Waals surface area contributed by atoms with Crippen LogP contribution in [0.25, 0.3) is 0 Å². The molecule has 7 nitrogen and oxygen atoms in total. The molecule has 140 valence electrons. The van der Waals surface area contributed by atoms with Crippen molar-refractivity contribution in [1.82, 2.24) is 10.6 Å². The number of carbonyl (C=O) groups is 2. The number of hydrogen-bond donors (Lipinski definition) is 5. The van der Waals surface area contributed by atoms with Crippen LogP contribution in [-0.2, 0) is 9.59 Å². The van der Waals surface area contributed by atoms with Gasteiger partial charge in [-0.1, -0.05) is 19.1 Å². The summed E-state index contributed by atoms with van der Waals surface area (Å²) in [5.41, 5.74) is -0.450. The van der Waals surface area contributed by atoms with Gasteiger partial charge < -0.3 is 26.0 Å². The summed E-state index contributed by atoms with van der Waals surface area (Å²) in [5.74, 6) is -0.795. The minimum Gasteiger partial charge on any atom is -0.396 e. The molecule has 0 heterocycles. The molecule has 1 fully saturated rings. The molecule has 1 amide bonds. The van der Waals surface area contributed by atoms with Gasteiger partial charge >= 0.3 is 0 Å². The Labute approximate surface area is 147 Å². The quantitative estimate of drug-likeness (QED) is 0.342. The Morgan fingerprint density at radius 3 is 2.36 bits per heavy atom. The molecular weight excluding hydrogens is 324 g/mol. The third kappa shape index (κ3) is 4.98. The second-order valence-corrected chi connectivity index (χ2v) is 7.09. The van der Waals surface area contributed by atoms with Crippen LogP contribution in [0, 0.1) is 17.3 Å². The second-order valence-electron chi connectivity index (χ2n) is 7.09. The lowest BCUT2D eigenvalue weighted by Gasteiger charge is -2.31. The first-order valence-corrected chi connectivity index (χ1v) is 8.73. The molecule has 0 aromatic carbocycles. The maximum atomic E-state index is 12.7. The molecule has 0 aromatic heterocycles. The number of aliphatic hydroxyl groups is 3. The number of Topliss-reactive ketones (excluding diaryl/α,β-unsaturated/α-hetero) is 1. The lowest BCUT2D eigenvalue weighted by atomic mass is 9.88. The van der Waals surface area contributed by atoms with E-state index in [0.29, 0.717) is 5.70 Å². The fourth-order valence-corrected chi connectivity index (χ4v) is 2.82. The number of amides is 1. The Bertz CT molecular complexity index is 541. The topological polar surface area (TPSA) is 119 Å². The Balaban J connectivity index is 2.08. The molecule has 0 radical (unpaired) electrons. The normalized spacial score (nSPS) is 19.4. The van der Waals surface area contributed by atoms with Crippen LogP contribution in [0.15, 0.2) is 23.9 Å². The van der Waals surface area contributed by atoms with Gasteiger partial charge in [0.1, 0.15) is 5.78 Å². The molecule has 2 unspecified atom stereocenters. The summed E-state index contributed by atoms with van der Waals surface area (Å²) in [6.07, 6.45) is 8.08. The van der Waals surface area contributed by atoms with Crippen molar-refractivity contribution in [3.8, 4) is 0 Å². The van der Waals surface area contributed by atoms with Crippen LogP contribution < -0.4 is 10.6 Å². The summed E-state index contributed by atoms with van der Waals surface area (Å²) < 4.78 is 0. The predicted molar refractivity (Wildman–Crippen MR) is 92.4 cm³/mol. The van der Waals surface area contributed by atoms with Gasteiger partial charge in [0, 0.05) is 24.1 Å². The fourth-order valence-electron chi connectivity index (χ4n) is 2.82. The summed E-state index contributed by atoms with van der Waals surface area (Å²) in [7, 11) is 0. The molecule has 7 heteroatoms. The minimum absolute atomic E-state index is 0.0196. The van der Waals surface area contributed by atoms with E-state index in [2.05, 4.69) is 10.6 Å². The zero-order valence-corrected chi connectivity index (χ0v) is 14.6. The maximum Gasteiger partial charge on any atom is 0.242 e. The molecule has 1 saturated carbocycles. The highest BCUT2D eigenvalue weighted by atomic mass is 16.3. The average molecular weight is 352 g/mol. The predicted octanol–water partition coefficient (Wildman–Crippen LogP) is -0.517. The van der Waals surface area contributed by atoms with E-state index in [1.54, 1.807) is 6.92 Å². The van der Waals surface area contributed by atoms with E-state index in [4.69, 9.17) is 0 Å². The second kappa shape index (κ2) is 8.71. The number of rotatable bonds is 11. The number of aliphatic hydroxyl groups excluding tert-OH is 3. The third-order valence-electron chi connectivity index (χ3n) is 4.95. The Kier molecular flexibility index (Phi) is 6.89. The number of ketones is 1. The van der Waals surface area contributed by atoms with Crippen molar-refractivity contribution in [3.63, 3.8) is 0 Å². The summed E-state index contributed by atoms with van der Waals surface area (Å²) >= 11 is 0. The summed E-state index contributed by atoms with van der Waals surface area (Å²) in [6, 6.07) is -0.799. The lowest BCUT2D eigenvalue weighted by Crippen LogP contribution is -2.54. The van der Waals surface area contributed by atoms with Gasteiger partial charge in [-0.25, -0.2) is 0 Å². The van der Waals surface area contributed by atoms with Crippen molar-refractivity contribution in [3.05, 3.63) is 23.9 Å². The van der Waals surface area contributed by atoms with E-state index in [1.807, 2.05) is 18.2 Å². The van der Waals surface area contributed by atoms with Crippen LogP contribution in [0.3, 0.4) is 0 Å². The molecular formula is C18H28N2O5. The first-order chi connectivity index (χ1) is 12.0. The highest BCUT2D eigenvalue weighted by Gasteiger charge is 2.40. The smallest absolute Gasteiger partial charge is 0.242 e. The van der Waals surface area contributed by atoms with E-state index in [0.717, 1.165) is 19.3 Å². The minimum atomic E-state index is -1.15. The highest BCUT2D eigenvalue weighted by molar-refractivity contribution is 5.93. The van der Waals surface area contributed by atoms with Crippen molar-refractivity contribution in [2.45, 2.75) is 32.2 Å². The number of allylic oxidation sites excluding steroid dienone is 3. The molecule has 0 aliphatic heterocycles. The number of hydrogen-bond acceptors (Lipinski definition) is 6. The molecule has 5 N–H and O–H groups in total. The molecule has 0 saturated heterocycles. The largest absolute Gasteiger partial charge is 0.396 e. The van der Waals surface area contributed by atoms with Crippen LogP contribution >= 0.6 is 0 Å². The van der Waals surface area contributed by atoms with Gasteiger partial charge in [-0.3, -0.25) is 9.59 Å². The van der Waals surface area contributed by atoms with Gasteiger partial charge in [0.2, 0.25) is 5.91 Å². The summed E-state index contributed by atoms with van der Waals surface area (Å²) in [6.45, 7) is 0.446. The Hall–Kier alpha value is -1.54. The number of nitrogens with one attached hydrogen (secondary N) is 2. The summed E-state index contributed by atoms with van der Waals surface area (Å²) in [4.78, 5) is 25.1. The molecule has 2 atom stereocenters. The fraction of sp³-hybridized carbons (Fsp3) is 0.667. The molecule has 2 aliphatic rings. The Morgan fingerprint density at radius 2 is 1.88 bits per heavy atom. The molecule has 2 aliphatic carbocycles. The molecule has 0 spiro atoms. The molecule has 2 rings (SSSR count). The van der Waals surface area contributed by atoms with Crippen molar-refractivity contribution < 1.29 is 24.9 Å². The van der Waals surface area contributed by atoms with Gasteiger partial charge in [0.25, 0.3) is 0 Å². The van der Waals surface area contributed by atoms with E-state index in [-0.39, 0.29) is 24.2 Å². The van der Waals surface area contributed by atoms with E-state index in [9.17, 15) is 24.9 Å². The Morgan fingerprint density at radius 1 is 1.24 bits per heavy atom. The molecule has 25 heavy (non-hydrogen) atoms. The van der Waals surface area contributed by atoms with Gasteiger partial charge in [-0.2, -0.15) is 0 Å². The van der Waals surface area contributed by atoms with E-state index >= 15 is 0 Å². The van der Waals surface area contributed by atoms with Crippen molar-refractivity contribution in [2.75, 3.05) is 26.4 Å². The standard InChI is InChI=1S/C18H28N2O5/c1-12(16(24)13-6-7-13)15(17(25)20-14-4-2-3-5-14)19-8-18(9-21,10-22)11-23/h2,4-5,12-13,15,19,21-23H,3,6-11H2,1H3,(H,20,25). The van der Waals surface area contributed by atoms with E-state index < -0.39 is 37.2 Å². The van der Waals surface area contributed by atoms with Crippen molar-refractivity contribution in [1.29, 1.82) is 0 Å². The molecule has 0 aromatic rings. The van der Waals surface area contributed by atoms with Crippen LogP contribution in [0.2, 0.25) is 0 Å². The van der Waals surface area contributed by atoms with Gasteiger partial charge in [0.15, 0.2) is 0 Å². The highest BCUT2D eigenvalue weighted by Crippen LogP contribution is 2.33. The van der Waals surface area contributed by atoms with Crippen molar-refractivity contribution in [2.24, 2.45) is 17.3 Å². The zero-order valence-electron chi connectivity index (χ0n) is 14.6. The SMILES string of the molecule is CC(C(=O)C1CC1)C(NCC(CO)(CO)CO)C(=O)NC1=CCC=C1. The lowest BCUT2D eigenvalue weighted by molar-refractivity contribution is -0.131. The van der Waals surface area contributed by atoms with Gasteiger partial charge in [0.05, 0.1) is 31.3 Å². The first-order valence-electron chi connectivity index (χ1n) is 8.73. The van der Waals surface area contributed by atoms with Crippen LogP contribution in [0.5, 0.6) is 0 Å². The van der Waals surface area contributed by atoms with E-state index in [1.165, 1.54) is 0 Å². The molecule has 0 bridgehead atoms. The zero-order chi connectivity index (χ0) is 18.4. The maximum absolute atomic E-state index is 12.7. The monoisotopic (exact) mass is 352 g/mol. The van der Waals surface area contributed by atoms with Crippen LogP contribution in [0.4, 0.5) is 0 Å². The number of carbonyl (C=O) groups excluding carboxylic acids is 2. The summed E-state index contributed by atoms with van der Waals surface area (Å²) in [5, 5.41) is 34.2. The van der Waals surface area contributed by atoms with Gasteiger partial charge in [-0.15, -0.1) is 0 Å². The van der Waals surface area contributed by atoms with Crippen molar-refractivity contribution >= 4 is 11.7 Å². The average Bonchev–Trinajstić information content (AvgIpc) is 3.36. The van der Waals surface area contributed by atoms with Gasteiger partial charge in [-0.05, 0) is 25.3 Å². The van der Waals surface area contributed by atoms with Crippen LogP contribution in [0.1, 0.15) is 26.2 Å². The van der Waals surface area contributed by atoms with Crippen LogP contribution in [-0.4, -0.2) is 59.4 Å². The first kappa shape index (κ1) is 19.8. The third-order valence-corrected chi connectivity index (χ3v) is 4.95.